The van der Waals surface area contributed by atoms with Gasteiger partial charge in [0.15, 0.2) is 0 Å². The van der Waals surface area contributed by atoms with Gasteiger partial charge in [-0.25, -0.2) is 0 Å². The van der Waals surface area contributed by atoms with Crippen LogP contribution in [0.2, 0.25) is 0 Å². The Morgan fingerprint density at radius 2 is 1.91 bits per heavy atom. The third-order valence-electron chi connectivity index (χ3n) is 5.37. The van der Waals surface area contributed by atoms with Gasteiger partial charge in [0.25, 0.3) is 0 Å². The molecule has 0 aromatic carbocycles. The van der Waals surface area contributed by atoms with E-state index >= 15 is 0 Å². The van der Waals surface area contributed by atoms with Crippen molar-refractivity contribution >= 4 is 22.6 Å². The second kappa shape index (κ2) is 1.14. The van der Waals surface area contributed by atoms with Crippen LogP contribution in [0.3, 0.4) is 0 Å². The molecule has 0 radical (unpaired) electrons. The first kappa shape index (κ1) is 5.43. The van der Waals surface area contributed by atoms with Crippen LogP contribution in [-0.2, 0) is 4.74 Å². The second-order valence-corrected chi connectivity index (χ2v) is 6.89. The minimum absolute atomic E-state index is 0.733. The molecule has 2 aliphatic heterocycles. The molecule has 0 aromatic rings. The monoisotopic (exact) mass is 260 g/mol. The van der Waals surface area contributed by atoms with Crippen LogP contribution in [0.1, 0.15) is 0 Å². The van der Waals surface area contributed by atoms with Crippen molar-refractivity contribution in [2.45, 2.75) is 9.53 Å². The molecule has 2 heterocycles. The van der Waals surface area contributed by atoms with E-state index in [0.29, 0.717) is 0 Å². The Hall–Kier alpha value is 0.690. The molecule has 2 saturated heterocycles. The molecule has 58 valence electrons. The largest absolute Gasteiger partial charge is 0.377 e. The molecule has 1 nitrogen and oxygen atoms in total. The van der Waals surface area contributed by atoms with E-state index in [0.717, 1.165) is 45.7 Å². The maximum absolute atomic E-state index is 5.82. The van der Waals surface area contributed by atoms with E-state index in [4.69, 9.17) is 4.74 Å². The Kier molecular flexibility index (Phi) is 0.562. The number of hydrogen-bond donors (Lipinski definition) is 0. The SMILES string of the molecule is IC12C3[C@H]4C5COC([C@@H]41)[C@H]2[C@@H]53. The molecule has 6 fully saturated rings. The average Bonchev–Trinajstić information content (AvgIpc) is 2.00. The van der Waals surface area contributed by atoms with Crippen molar-refractivity contribution < 1.29 is 4.74 Å². The van der Waals surface area contributed by atoms with Gasteiger partial charge in [0.1, 0.15) is 0 Å². The molecule has 0 aromatic heterocycles. The summed E-state index contributed by atoms with van der Waals surface area (Å²) in [4.78, 5) is 0. The summed E-state index contributed by atoms with van der Waals surface area (Å²) >= 11 is 2.74. The van der Waals surface area contributed by atoms with Crippen molar-refractivity contribution in [1.29, 1.82) is 0 Å². The Labute approximate surface area is 79.0 Å². The zero-order valence-electron chi connectivity index (χ0n) is 6.03. The predicted octanol–water partition coefficient (Wildman–Crippen LogP) is 1.31. The highest BCUT2D eigenvalue weighted by atomic mass is 127. The standard InChI is InChI=1S/C9H9IO/c10-9-5-3-2-1-11-8(6(3)9)7(9)4(2)5/h2-8H,1H2/t2?,3-,4+,5?,6-,7-,8?,9?/m1/s1. The molecule has 2 heteroatoms. The number of fused-ring (bicyclic) bond motifs is 1. The van der Waals surface area contributed by atoms with Crippen molar-refractivity contribution in [3.05, 3.63) is 0 Å². The first-order valence-electron chi connectivity index (χ1n) is 4.65. The molecule has 6 rings (SSSR count). The summed E-state index contributed by atoms with van der Waals surface area (Å²) in [6.45, 7) is 1.12. The lowest BCUT2D eigenvalue weighted by Gasteiger charge is -2.95. The molecular weight excluding hydrogens is 251 g/mol. The molecule has 2 bridgehead atoms. The highest BCUT2D eigenvalue weighted by molar-refractivity contribution is 14.1. The lowest BCUT2D eigenvalue weighted by atomic mass is 9.15. The number of rotatable bonds is 0. The van der Waals surface area contributed by atoms with Gasteiger partial charge in [-0.3, -0.25) is 0 Å². The Bertz CT molecular complexity index is 259. The first-order chi connectivity index (χ1) is 5.35. The van der Waals surface area contributed by atoms with E-state index in [1.165, 1.54) is 5.92 Å². The summed E-state index contributed by atoms with van der Waals surface area (Å²) < 4.78 is 6.60. The topological polar surface area (TPSA) is 9.23 Å². The van der Waals surface area contributed by atoms with Gasteiger partial charge in [-0.2, -0.15) is 0 Å². The molecule has 6 aliphatic rings. The third kappa shape index (κ3) is 0.260. The van der Waals surface area contributed by atoms with Crippen LogP contribution >= 0.6 is 22.6 Å². The first-order valence-corrected chi connectivity index (χ1v) is 5.73. The predicted molar refractivity (Wildman–Crippen MR) is 47.4 cm³/mol. The van der Waals surface area contributed by atoms with Crippen LogP contribution in [0.25, 0.3) is 0 Å². The number of hydrogen-bond acceptors (Lipinski definition) is 1. The fourth-order valence-corrected chi connectivity index (χ4v) is 7.56. The fraction of sp³-hybridized carbons (Fsp3) is 1.00. The van der Waals surface area contributed by atoms with Crippen molar-refractivity contribution in [3.8, 4) is 0 Å². The smallest absolute Gasteiger partial charge is 0.0663 e. The number of alkyl halides is 1. The minimum atomic E-state index is 0.733. The minimum Gasteiger partial charge on any atom is -0.377 e. The highest BCUT2D eigenvalue weighted by Gasteiger charge is 2.95. The fourth-order valence-electron chi connectivity index (χ4n) is 5.19. The van der Waals surface area contributed by atoms with Gasteiger partial charge in [0.2, 0.25) is 0 Å². The third-order valence-corrected chi connectivity index (χ3v) is 7.53. The maximum atomic E-state index is 5.82. The normalized spacial score (nSPS) is 90.8. The summed E-state index contributed by atoms with van der Waals surface area (Å²) in [5.74, 6) is 6.50. The molecule has 4 unspecified atom stereocenters. The summed E-state index contributed by atoms with van der Waals surface area (Å²) in [5, 5.41) is 0. The van der Waals surface area contributed by atoms with Crippen LogP contribution in [0, 0.1) is 35.5 Å². The van der Waals surface area contributed by atoms with E-state index in [-0.39, 0.29) is 0 Å². The molecule has 11 heavy (non-hydrogen) atoms. The van der Waals surface area contributed by atoms with Gasteiger partial charge in [-0.1, -0.05) is 22.6 Å². The van der Waals surface area contributed by atoms with E-state index in [2.05, 4.69) is 22.6 Å². The van der Waals surface area contributed by atoms with Crippen molar-refractivity contribution in [1.82, 2.24) is 0 Å². The lowest BCUT2D eigenvalue weighted by Crippen LogP contribution is -2.99. The summed E-state index contributed by atoms with van der Waals surface area (Å²) in [6, 6.07) is 0. The lowest BCUT2D eigenvalue weighted by molar-refractivity contribution is -0.467. The second-order valence-electron chi connectivity index (χ2n) is 5.02. The van der Waals surface area contributed by atoms with E-state index in [1.54, 1.807) is 0 Å². The van der Waals surface area contributed by atoms with Gasteiger partial charge in [0, 0.05) is 15.3 Å². The maximum Gasteiger partial charge on any atom is 0.0663 e. The van der Waals surface area contributed by atoms with Crippen LogP contribution in [0.15, 0.2) is 0 Å². The van der Waals surface area contributed by atoms with Crippen LogP contribution in [-0.4, -0.2) is 16.1 Å². The van der Waals surface area contributed by atoms with Gasteiger partial charge >= 0.3 is 0 Å². The van der Waals surface area contributed by atoms with Gasteiger partial charge in [-0.15, -0.1) is 0 Å². The molecule has 0 N–H and O–H groups in total. The quantitative estimate of drug-likeness (QED) is 0.471. The van der Waals surface area contributed by atoms with Crippen LogP contribution in [0.4, 0.5) is 0 Å². The van der Waals surface area contributed by atoms with Crippen LogP contribution in [0.5, 0.6) is 0 Å². The van der Waals surface area contributed by atoms with E-state index < -0.39 is 0 Å². The molecule has 4 aliphatic carbocycles. The zero-order valence-corrected chi connectivity index (χ0v) is 8.19. The zero-order chi connectivity index (χ0) is 6.96. The van der Waals surface area contributed by atoms with E-state index in [1.807, 2.05) is 0 Å². The van der Waals surface area contributed by atoms with Gasteiger partial charge in [0.05, 0.1) is 12.7 Å². The number of ether oxygens (including phenoxy) is 1. The van der Waals surface area contributed by atoms with Crippen molar-refractivity contribution in [2.24, 2.45) is 35.5 Å². The summed E-state index contributed by atoms with van der Waals surface area (Å²) in [5.41, 5.74) is 0. The molecule has 0 spiro atoms. The Morgan fingerprint density at radius 1 is 1.18 bits per heavy atom. The molecule has 4 saturated carbocycles. The molecular formula is C9H9IO. The van der Waals surface area contributed by atoms with Crippen LogP contribution < -0.4 is 0 Å². The van der Waals surface area contributed by atoms with Crippen molar-refractivity contribution in [3.63, 3.8) is 0 Å². The van der Waals surface area contributed by atoms with Crippen molar-refractivity contribution in [2.75, 3.05) is 6.61 Å². The Balaban J connectivity index is 1.80. The summed E-state index contributed by atoms with van der Waals surface area (Å²) in [6.07, 6.45) is 0.733. The van der Waals surface area contributed by atoms with Gasteiger partial charge in [-0.05, 0) is 23.7 Å². The highest BCUT2D eigenvalue weighted by Crippen LogP contribution is 2.93. The van der Waals surface area contributed by atoms with Gasteiger partial charge < -0.3 is 4.74 Å². The summed E-state index contributed by atoms with van der Waals surface area (Å²) in [7, 11) is 0. The number of halogens is 1. The molecule has 8 atom stereocenters. The van der Waals surface area contributed by atoms with E-state index in [9.17, 15) is 0 Å². The average molecular weight is 260 g/mol. The molecule has 0 amide bonds. The Morgan fingerprint density at radius 3 is 2.45 bits per heavy atom.